The molecule has 2 fully saturated rings. The quantitative estimate of drug-likeness (QED) is 0.531. The first-order valence-electron chi connectivity index (χ1n) is 4.17. The van der Waals surface area contributed by atoms with Crippen molar-refractivity contribution in [3.8, 4) is 0 Å². The van der Waals surface area contributed by atoms with Gasteiger partial charge in [-0.1, -0.05) is 6.92 Å². The Hall–Kier alpha value is 0.430. The summed E-state index contributed by atoms with van der Waals surface area (Å²) in [7, 11) is 0.546. The van der Waals surface area contributed by atoms with E-state index in [1.165, 1.54) is 17.5 Å². The van der Waals surface area contributed by atoms with Gasteiger partial charge in [0.1, 0.15) is 0 Å². The molecule has 0 aromatic rings. The molecule has 0 saturated heterocycles. The van der Waals surface area contributed by atoms with Gasteiger partial charge in [0.25, 0.3) is 0 Å². The molecule has 0 amide bonds. The lowest BCUT2D eigenvalue weighted by Crippen LogP contribution is -1.90. The Morgan fingerprint density at radius 2 is 1.56 bits per heavy atom. The fraction of sp³-hybridized carbons (Fsp3) is 1.00. The van der Waals surface area contributed by atoms with Crippen molar-refractivity contribution in [1.82, 2.24) is 0 Å². The standard InChI is InChI=1S/C8H15P/c1-2-9(7-3-4-7)8-5-6-8/h7-8H,2-6H2,1H3. The van der Waals surface area contributed by atoms with E-state index in [4.69, 9.17) is 0 Å². The molecule has 2 rings (SSSR count). The fourth-order valence-electron chi connectivity index (χ4n) is 1.63. The zero-order valence-electron chi connectivity index (χ0n) is 6.14. The predicted molar refractivity (Wildman–Crippen MR) is 43.5 cm³/mol. The van der Waals surface area contributed by atoms with Crippen LogP contribution in [0.3, 0.4) is 0 Å². The summed E-state index contributed by atoms with van der Waals surface area (Å²) in [6.07, 6.45) is 7.84. The molecule has 0 aromatic heterocycles. The van der Waals surface area contributed by atoms with Gasteiger partial charge in [-0.15, -0.1) is 7.92 Å². The highest BCUT2D eigenvalue weighted by molar-refractivity contribution is 7.59. The van der Waals surface area contributed by atoms with E-state index in [0.717, 1.165) is 0 Å². The summed E-state index contributed by atoms with van der Waals surface area (Å²) in [6.45, 7) is 2.39. The maximum Gasteiger partial charge on any atom is -0.0206 e. The van der Waals surface area contributed by atoms with Crippen LogP contribution in [0.15, 0.2) is 0 Å². The average molecular weight is 142 g/mol. The molecule has 0 N–H and O–H groups in total. The van der Waals surface area contributed by atoms with E-state index in [9.17, 15) is 0 Å². The van der Waals surface area contributed by atoms with Gasteiger partial charge in [0.15, 0.2) is 0 Å². The van der Waals surface area contributed by atoms with Crippen molar-refractivity contribution in [3.63, 3.8) is 0 Å². The second-order valence-electron chi connectivity index (χ2n) is 3.29. The maximum absolute atomic E-state index is 2.39. The van der Waals surface area contributed by atoms with Crippen molar-refractivity contribution in [2.75, 3.05) is 6.16 Å². The first-order chi connectivity index (χ1) is 4.42. The highest BCUT2D eigenvalue weighted by Gasteiger charge is 2.39. The highest BCUT2D eigenvalue weighted by atomic mass is 31.1. The van der Waals surface area contributed by atoms with E-state index < -0.39 is 0 Å². The summed E-state index contributed by atoms with van der Waals surface area (Å²) in [4.78, 5) is 0. The van der Waals surface area contributed by atoms with Crippen LogP contribution in [0.4, 0.5) is 0 Å². The van der Waals surface area contributed by atoms with Crippen molar-refractivity contribution in [2.45, 2.75) is 43.9 Å². The highest BCUT2D eigenvalue weighted by Crippen LogP contribution is 2.63. The number of hydrogen-bond donors (Lipinski definition) is 0. The lowest BCUT2D eigenvalue weighted by atomic mass is 10.9. The zero-order chi connectivity index (χ0) is 6.27. The third-order valence-electron chi connectivity index (χ3n) is 2.40. The minimum absolute atomic E-state index is 0.546. The summed E-state index contributed by atoms with van der Waals surface area (Å²) in [5, 5.41) is 0. The topological polar surface area (TPSA) is 0 Å². The largest absolute Gasteiger partial charge is 0.101 e. The number of hydrogen-bond acceptors (Lipinski definition) is 0. The lowest BCUT2D eigenvalue weighted by Gasteiger charge is -2.11. The Morgan fingerprint density at radius 3 is 1.78 bits per heavy atom. The van der Waals surface area contributed by atoms with Gasteiger partial charge in [0.2, 0.25) is 0 Å². The van der Waals surface area contributed by atoms with Crippen LogP contribution < -0.4 is 0 Å². The first kappa shape index (κ1) is 6.16. The van der Waals surface area contributed by atoms with Crippen molar-refractivity contribution in [3.05, 3.63) is 0 Å². The second-order valence-corrected chi connectivity index (χ2v) is 6.41. The van der Waals surface area contributed by atoms with Gasteiger partial charge in [-0.05, 0) is 43.2 Å². The van der Waals surface area contributed by atoms with Crippen molar-refractivity contribution >= 4 is 7.92 Å². The molecule has 0 aromatic carbocycles. The van der Waals surface area contributed by atoms with E-state index in [1.54, 1.807) is 25.7 Å². The van der Waals surface area contributed by atoms with Crippen molar-refractivity contribution in [1.29, 1.82) is 0 Å². The zero-order valence-corrected chi connectivity index (χ0v) is 7.03. The molecule has 1 heteroatoms. The summed E-state index contributed by atoms with van der Waals surface area (Å²) >= 11 is 0. The van der Waals surface area contributed by atoms with E-state index in [0.29, 0.717) is 7.92 Å². The monoisotopic (exact) mass is 142 g/mol. The average Bonchev–Trinajstić information content (AvgIpc) is 2.61. The SMILES string of the molecule is CCP(C1CC1)C1CC1. The Labute approximate surface area is 58.8 Å². The smallest absolute Gasteiger partial charge is 0.0206 e. The van der Waals surface area contributed by atoms with Crippen LogP contribution in [-0.2, 0) is 0 Å². The van der Waals surface area contributed by atoms with E-state index in [-0.39, 0.29) is 0 Å². The van der Waals surface area contributed by atoms with Crippen LogP contribution in [0.1, 0.15) is 32.6 Å². The summed E-state index contributed by atoms with van der Waals surface area (Å²) in [6, 6.07) is 0. The lowest BCUT2D eigenvalue weighted by molar-refractivity contribution is 1.31. The Kier molecular flexibility index (Phi) is 1.53. The Morgan fingerprint density at radius 1 is 1.11 bits per heavy atom. The van der Waals surface area contributed by atoms with Gasteiger partial charge in [-0.25, -0.2) is 0 Å². The molecule has 0 spiro atoms. The van der Waals surface area contributed by atoms with Gasteiger partial charge < -0.3 is 0 Å². The maximum atomic E-state index is 2.39. The second kappa shape index (κ2) is 2.23. The molecule has 2 aliphatic carbocycles. The molecule has 2 saturated carbocycles. The van der Waals surface area contributed by atoms with Crippen LogP contribution in [0, 0.1) is 0 Å². The number of rotatable bonds is 3. The van der Waals surface area contributed by atoms with Crippen LogP contribution >= 0.6 is 7.92 Å². The Balaban J connectivity index is 1.85. The molecule has 52 valence electrons. The molecule has 9 heavy (non-hydrogen) atoms. The van der Waals surface area contributed by atoms with E-state index >= 15 is 0 Å². The van der Waals surface area contributed by atoms with Crippen LogP contribution in [-0.4, -0.2) is 17.5 Å². The van der Waals surface area contributed by atoms with Gasteiger partial charge in [-0.3, -0.25) is 0 Å². The van der Waals surface area contributed by atoms with Crippen molar-refractivity contribution in [2.24, 2.45) is 0 Å². The molecule has 2 aliphatic rings. The molecule has 0 heterocycles. The molecule has 0 aliphatic heterocycles. The predicted octanol–water partition coefficient (Wildman–Crippen LogP) is 2.81. The molecule has 0 bridgehead atoms. The third-order valence-corrected chi connectivity index (χ3v) is 6.04. The molecular formula is C8H15P. The fourth-order valence-corrected chi connectivity index (χ4v) is 4.88. The van der Waals surface area contributed by atoms with Crippen LogP contribution in [0.5, 0.6) is 0 Å². The molecule has 0 radical (unpaired) electrons. The van der Waals surface area contributed by atoms with Gasteiger partial charge in [0, 0.05) is 0 Å². The molecule has 0 nitrogen and oxygen atoms in total. The summed E-state index contributed by atoms with van der Waals surface area (Å²) in [5.41, 5.74) is 2.47. The molecule has 0 unspecified atom stereocenters. The molecule has 0 atom stereocenters. The third kappa shape index (κ3) is 1.29. The van der Waals surface area contributed by atoms with E-state index in [2.05, 4.69) is 6.92 Å². The summed E-state index contributed by atoms with van der Waals surface area (Å²) in [5.74, 6) is 0. The van der Waals surface area contributed by atoms with E-state index in [1.807, 2.05) is 0 Å². The molecular weight excluding hydrogens is 127 g/mol. The first-order valence-corrected chi connectivity index (χ1v) is 5.84. The van der Waals surface area contributed by atoms with Crippen LogP contribution in [0.2, 0.25) is 0 Å². The summed E-state index contributed by atoms with van der Waals surface area (Å²) < 4.78 is 0. The van der Waals surface area contributed by atoms with Crippen molar-refractivity contribution < 1.29 is 0 Å². The minimum atomic E-state index is 0.546. The normalized spacial score (nSPS) is 27.3. The van der Waals surface area contributed by atoms with Gasteiger partial charge in [-0.2, -0.15) is 0 Å². The Bertz CT molecular complexity index is 91.1. The minimum Gasteiger partial charge on any atom is -0.101 e. The van der Waals surface area contributed by atoms with Gasteiger partial charge in [0.05, 0.1) is 0 Å². The van der Waals surface area contributed by atoms with Gasteiger partial charge >= 0.3 is 0 Å². The van der Waals surface area contributed by atoms with Crippen LogP contribution in [0.25, 0.3) is 0 Å².